The maximum absolute atomic E-state index is 14.0. The van der Waals surface area contributed by atoms with Gasteiger partial charge in [-0.15, -0.1) is 0 Å². The van der Waals surface area contributed by atoms with E-state index < -0.39 is 11.7 Å². The minimum Gasteiger partial charge on any atom is -0.387 e. The van der Waals surface area contributed by atoms with E-state index in [1.807, 2.05) is 0 Å². The number of allylic oxidation sites excluding steroid dienone is 4. The van der Waals surface area contributed by atoms with E-state index in [4.69, 9.17) is 17.3 Å². The number of hydrogen-bond donors (Lipinski definition) is 2. The van der Waals surface area contributed by atoms with Crippen molar-refractivity contribution in [1.29, 1.82) is 0 Å². The van der Waals surface area contributed by atoms with Gasteiger partial charge >= 0.3 is 0 Å². The Morgan fingerprint density at radius 2 is 1.91 bits per heavy atom. The lowest BCUT2D eigenvalue weighted by atomic mass is 10.2. The molecule has 0 rings (SSSR count). The third-order valence-electron chi connectivity index (χ3n) is 2.93. The largest absolute Gasteiger partial charge is 0.387 e. The van der Waals surface area contributed by atoms with Gasteiger partial charge in [0.2, 0.25) is 0 Å². The van der Waals surface area contributed by atoms with E-state index in [0.29, 0.717) is 17.8 Å². The highest BCUT2D eigenvalue weighted by Gasteiger charge is 2.17. The third-order valence-corrected chi connectivity index (χ3v) is 3.31. The topological polar surface area (TPSA) is 53.6 Å². The average molecular weight is 347 g/mol. The van der Waals surface area contributed by atoms with Gasteiger partial charge < -0.3 is 16.0 Å². The Bertz CT molecular complexity index is 558. The van der Waals surface area contributed by atoms with Gasteiger partial charge in [-0.05, 0) is 25.3 Å². The monoisotopic (exact) mass is 346 g/mol. The SMILES string of the molecule is C=C(CC)/C(F)=C\N(C)/C(NC)=C(N=C(C)N)\C(Cl)=C(\F)CC. The number of nitrogens with one attached hydrogen (secondary N) is 1. The summed E-state index contributed by atoms with van der Waals surface area (Å²) in [6.45, 7) is 8.61. The van der Waals surface area contributed by atoms with Crippen molar-refractivity contribution in [1.82, 2.24) is 10.2 Å². The van der Waals surface area contributed by atoms with Crippen LogP contribution in [-0.4, -0.2) is 24.8 Å². The van der Waals surface area contributed by atoms with Crippen molar-refractivity contribution in [3.63, 3.8) is 0 Å². The number of aliphatic imine (C=N–C) groups is 1. The van der Waals surface area contributed by atoms with E-state index in [9.17, 15) is 8.78 Å². The number of nitrogens with zero attached hydrogens (tertiary/aromatic N) is 2. The van der Waals surface area contributed by atoms with Crippen LogP contribution in [0.2, 0.25) is 0 Å². The molecule has 23 heavy (non-hydrogen) atoms. The number of halogens is 3. The molecule has 0 radical (unpaired) electrons. The fourth-order valence-corrected chi connectivity index (χ4v) is 1.89. The molecule has 0 spiro atoms. The predicted molar refractivity (Wildman–Crippen MR) is 94.0 cm³/mol. The highest BCUT2D eigenvalue weighted by molar-refractivity contribution is 6.32. The number of amidine groups is 1. The molecular formula is C16H25ClF2N4. The Morgan fingerprint density at radius 1 is 1.35 bits per heavy atom. The van der Waals surface area contributed by atoms with Crippen LogP contribution in [0.1, 0.15) is 33.6 Å². The Hall–Kier alpha value is -1.82. The molecule has 0 atom stereocenters. The van der Waals surface area contributed by atoms with E-state index in [2.05, 4.69) is 16.9 Å². The van der Waals surface area contributed by atoms with Crippen molar-refractivity contribution in [2.24, 2.45) is 10.7 Å². The second kappa shape index (κ2) is 10.0. The lowest BCUT2D eigenvalue weighted by molar-refractivity contribution is 0.490. The van der Waals surface area contributed by atoms with Crippen molar-refractivity contribution in [3.8, 4) is 0 Å². The quantitative estimate of drug-likeness (QED) is 0.391. The summed E-state index contributed by atoms with van der Waals surface area (Å²) >= 11 is 6.07. The molecule has 7 heteroatoms. The van der Waals surface area contributed by atoms with Crippen LogP contribution >= 0.6 is 11.6 Å². The average Bonchev–Trinajstić information content (AvgIpc) is 2.51. The highest BCUT2D eigenvalue weighted by Crippen LogP contribution is 2.27. The summed E-state index contributed by atoms with van der Waals surface area (Å²) in [7, 11) is 3.19. The molecule has 3 N–H and O–H groups in total. The molecule has 0 aliphatic rings. The molecule has 0 saturated carbocycles. The fraction of sp³-hybridized carbons (Fsp3) is 0.438. The van der Waals surface area contributed by atoms with Gasteiger partial charge in [0.25, 0.3) is 0 Å². The van der Waals surface area contributed by atoms with Crippen molar-refractivity contribution in [3.05, 3.63) is 46.6 Å². The van der Waals surface area contributed by atoms with Crippen LogP contribution in [-0.2, 0) is 0 Å². The molecule has 4 nitrogen and oxygen atoms in total. The first-order valence-corrected chi connectivity index (χ1v) is 7.62. The zero-order valence-electron chi connectivity index (χ0n) is 14.3. The first kappa shape index (κ1) is 21.2. The maximum atomic E-state index is 14.0. The Labute approximate surface area is 142 Å². The predicted octanol–water partition coefficient (Wildman–Crippen LogP) is 4.29. The standard InChI is InChI=1S/C16H25ClF2N4/c1-7-10(3)13(19)9-23(6)16(21-5)15(22-11(4)20)14(17)12(18)8-2/h9,21H,3,7-8H2,1-2,4-6H3,(H2,20,22)/b13-9+,14-12-,16-15+. The molecule has 0 aliphatic carbocycles. The zero-order chi connectivity index (χ0) is 18.2. The second-order valence-electron chi connectivity index (χ2n) is 4.82. The zero-order valence-corrected chi connectivity index (χ0v) is 15.1. The Balaban J connectivity index is 6.16. The summed E-state index contributed by atoms with van der Waals surface area (Å²) in [6.07, 6.45) is 1.82. The van der Waals surface area contributed by atoms with Crippen LogP contribution in [0.25, 0.3) is 0 Å². The van der Waals surface area contributed by atoms with Gasteiger partial charge in [0.1, 0.15) is 28.2 Å². The molecular weight excluding hydrogens is 322 g/mol. The summed E-state index contributed by atoms with van der Waals surface area (Å²) in [5.74, 6) is -0.505. The molecule has 0 aromatic carbocycles. The fourth-order valence-electron chi connectivity index (χ4n) is 1.62. The molecule has 0 bridgehead atoms. The number of nitrogens with two attached hydrogens (primary N) is 1. The van der Waals surface area contributed by atoms with Gasteiger partial charge in [-0.25, -0.2) is 13.8 Å². The summed E-state index contributed by atoms with van der Waals surface area (Å²) < 4.78 is 27.9. The lowest BCUT2D eigenvalue weighted by Crippen LogP contribution is -2.25. The molecule has 0 aliphatic heterocycles. The molecule has 0 aromatic rings. The summed E-state index contributed by atoms with van der Waals surface area (Å²) in [5.41, 5.74) is 6.05. The minimum atomic E-state index is -0.532. The molecule has 0 saturated heterocycles. The van der Waals surface area contributed by atoms with Gasteiger partial charge in [0.15, 0.2) is 0 Å². The summed E-state index contributed by atoms with van der Waals surface area (Å²) in [5, 5.41) is 2.68. The van der Waals surface area contributed by atoms with Crippen molar-refractivity contribution in [2.45, 2.75) is 33.6 Å². The lowest BCUT2D eigenvalue weighted by Gasteiger charge is -2.21. The van der Waals surface area contributed by atoms with Crippen LogP contribution in [0.3, 0.4) is 0 Å². The highest BCUT2D eigenvalue weighted by atomic mass is 35.5. The summed E-state index contributed by atoms with van der Waals surface area (Å²) in [4.78, 5) is 5.50. The Morgan fingerprint density at radius 3 is 2.30 bits per heavy atom. The molecule has 0 aromatic heterocycles. The number of rotatable bonds is 8. The van der Waals surface area contributed by atoms with Gasteiger partial charge in [-0.1, -0.05) is 32.0 Å². The van der Waals surface area contributed by atoms with Crippen molar-refractivity contribution in [2.75, 3.05) is 14.1 Å². The van der Waals surface area contributed by atoms with Crippen LogP contribution < -0.4 is 11.1 Å². The van der Waals surface area contributed by atoms with Gasteiger partial charge in [-0.2, -0.15) is 0 Å². The van der Waals surface area contributed by atoms with E-state index in [1.165, 1.54) is 11.1 Å². The smallest absolute Gasteiger partial charge is 0.141 e. The van der Waals surface area contributed by atoms with Crippen LogP contribution in [0, 0.1) is 0 Å². The first-order chi connectivity index (χ1) is 10.7. The third kappa shape index (κ3) is 6.44. The van der Waals surface area contributed by atoms with Gasteiger partial charge in [0, 0.05) is 20.3 Å². The second-order valence-corrected chi connectivity index (χ2v) is 5.20. The van der Waals surface area contributed by atoms with Crippen LogP contribution in [0.4, 0.5) is 8.78 Å². The van der Waals surface area contributed by atoms with Crippen LogP contribution in [0.5, 0.6) is 0 Å². The van der Waals surface area contributed by atoms with E-state index >= 15 is 0 Å². The Kier molecular flexibility index (Phi) is 9.25. The molecule has 0 unspecified atom stereocenters. The van der Waals surface area contributed by atoms with Crippen LogP contribution in [0.15, 0.2) is 51.5 Å². The minimum absolute atomic E-state index is 0.0992. The molecule has 0 amide bonds. The molecule has 130 valence electrons. The first-order valence-electron chi connectivity index (χ1n) is 7.25. The van der Waals surface area contributed by atoms with Crippen molar-refractivity contribution >= 4 is 17.4 Å². The molecule has 0 fully saturated rings. The summed E-state index contributed by atoms with van der Waals surface area (Å²) in [6, 6.07) is 0. The van der Waals surface area contributed by atoms with Crippen molar-refractivity contribution < 1.29 is 8.78 Å². The van der Waals surface area contributed by atoms with E-state index in [1.54, 1.807) is 34.9 Å². The number of hydrogen-bond acceptors (Lipinski definition) is 3. The van der Waals surface area contributed by atoms with E-state index in [0.717, 1.165) is 0 Å². The van der Waals surface area contributed by atoms with Gasteiger partial charge in [0.05, 0.1) is 5.84 Å². The normalized spacial score (nSPS) is 15.0. The maximum Gasteiger partial charge on any atom is 0.141 e. The van der Waals surface area contributed by atoms with Gasteiger partial charge in [-0.3, -0.25) is 0 Å². The molecule has 0 heterocycles. The van der Waals surface area contributed by atoms with E-state index in [-0.39, 0.29) is 23.0 Å².